The topological polar surface area (TPSA) is 67.6 Å². The minimum atomic E-state index is -0.490. The predicted molar refractivity (Wildman–Crippen MR) is 69.8 cm³/mol. The lowest BCUT2D eigenvalue weighted by atomic mass is 10.1. The quantitative estimate of drug-likeness (QED) is 0.841. The molecule has 0 radical (unpaired) electrons. The van der Waals surface area contributed by atoms with Gasteiger partial charge in [-0.15, -0.1) is 0 Å². The lowest BCUT2D eigenvalue weighted by Gasteiger charge is -2.36. The number of ether oxygens (including phenoxy) is 1. The van der Waals surface area contributed by atoms with Crippen LogP contribution in [0.15, 0.2) is 10.7 Å². The predicted octanol–water partition coefficient (Wildman–Crippen LogP) is 1.86. The molecular formula is C13H21N3O3. The molecule has 1 unspecified atom stereocenters. The van der Waals surface area contributed by atoms with Gasteiger partial charge >= 0.3 is 6.09 Å². The van der Waals surface area contributed by atoms with Gasteiger partial charge in [0.2, 0.25) is 0 Å². The van der Waals surface area contributed by atoms with Crippen molar-refractivity contribution < 1.29 is 14.1 Å². The van der Waals surface area contributed by atoms with Gasteiger partial charge in [-0.1, -0.05) is 5.16 Å². The maximum Gasteiger partial charge on any atom is 0.410 e. The lowest BCUT2D eigenvalue weighted by molar-refractivity contribution is 0.0117. The van der Waals surface area contributed by atoms with Crippen molar-refractivity contribution in [1.82, 2.24) is 15.4 Å². The highest BCUT2D eigenvalue weighted by Gasteiger charge is 2.33. The van der Waals surface area contributed by atoms with Crippen LogP contribution in [-0.4, -0.2) is 41.4 Å². The Balaban J connectivity index is 2.17. The molecule has 1 atom stereocenters. The van der Waals surface area contributed by atoms with Crippen molar-refractivity contribution in [3.05, 3.63) is 17.5 Å². The summed E-state index contributed by atoms with van der Waals surface area (Å²) in [6.45, 7) is 9.52. The Morgan fingerprint density at radius 2 is 2.32 bits per heavy atom. The highest BCUT2D eigenvalue weighted by atomic mass is 16.6. The number of piperazine rings is 1. The first-order valence-corrected chi connectivity index (χ1v) is 6.50. The molecule has 1 aromatic heterocycles. The van der Waals surface area contributed by atoms with Crippen molar-refractivity contribution in [2.45, 2.75) is 39.3 Å². The Kier molecular flexibility index (Phi) is 3.80. The molecule has 0 spiro atoms. The normalized spacial score (nSPS) is 20.4. The van der Waals surface area contributed by atoms with E-state index >= 15 is 0 Å². The summed E-state index contributed by atoms with van der Waals surface area (Å²) in [5.74, 6) is 0.738. The van der Waals surface area contributed by atoms with Crippen molar-refractivity contribution in [3.63, 3.8) is 0 Å². The largest absolute Gasteiger partial charge is 0.444 e. The van der Waals surface area contributed by atoms with Crippen LogP contribution in [0.3, 0.4) is 0 Å². The standard InChI is InChI=1S/C13H21N3O3/c1-9-10(7-15-19-9)11-8-14-5-6-16(11)12(17)18-13(2,3)4/h7,11,14H,5-6,8H2,1-4H3. The zero-order valence-corrected chi connectivity index (χ0v) is 11.9. The molecule has 0 bridgehead atoms. The molecule has 1 saturated heterocycles. The van der Waals surface area contributed by atoms with Gasteiger partial charge < -0.3 is 14.6 Å². The van der Waals surface area contributed by atoms with Crippen LogP contribution in [0.4, 0.5) is 4.79 Å². The molecule has 6 nitrogen and oxygen atoms in total. The summed E-state index contributed by atoms with van der Waals surface area (Å²) in [5, 5.41) is 7.06. The van der Waals surface area contributed by atoms with Crippen molar-refractivity contribution in [1.29, 1.82) is 0 Å². The minimum Gasteiger partial charge on any atom is -0.444 e. The van der Waals surface area contributed by atoms with E-state index in [9.17, 15) is 4.79 Å². The number of hydrogen-bond donors (Lipinski definition) is 1. The maximum atomic E-state index is 12.3. The maximum absolute atomic E-state index is 12.3. The van der Waals surface area contributed by atoms with Crippen LogP contribution in [0.25, 0.3) is 0 Å². The Morgan fingerprint density at radius 1 is 1.58 bits per heavy atom. The van der Waals surface area contributed by atoms with E-state index in [1.165, 1.54) is 0 Å². The zero-order valence-electron chi connectivity index (χ0n) is 11.9. The Hall–Kier alpha value is -1.56. The number of nitrogens with one attached hydrogen (secondary N) is 1. The van der Waals surface area contributed by atoms with E-state index in [1.807, 2.05) is 27.7 Å². The summed E-state index contributed by atoms with van der Waals surface area (Å²) in [4.78, 5) is 14.0. The molecule has 1 amide bonds. The first kappa shape index (κ1) is 13.9. The molecule has 1 fully saturated rings. The fraction of sp³-hybridized carbons (Fsp3) is 0.692. The van der Waals surface area contributed by atoms with E-state index in [4.69, 9.17) is 9.26 Å². The van der Waals surface area contributed by atoms with Gasteiger partial charge in [0.1, 0.15) is 11.4 Å². The summed E-state index contributed by atoms with van der Waals surface area (Å²) in [6.07, 6.45) is 1.38. The summed E-state index contributed by atoms with van der Waals surface area (Å²) >= 11 is 0. The number of aryl methyl sites for hydroxylation is 1. The number of amides is 1. The smallest absolute Gasteiger partial charge is 0.410 e. The highest BCUT2D eigenvalue weighted by molar-refractivity contribution is 5.69. The second kappa shape index (κ2) is 5.21. The number of aromatic nitrogens is 1. The van der Waals surface area contributed by atoms with Crippen molar-refractivity contribution in [2.24, 2.45) is 0 Å². The molecular weight excluding hydrogens is 246 g/mol. The summed E-state index contributed by atoms with van der Waals surface area (Å²) in [5.41, 5.74) is 0.439. The summed E-state index contributed by atoms with van der Waals surface area (Å²) in [7, 11) is 0. The van der Waals surface area contributed by atoms with Crippen molar-refractivity contribution in [3.8, 4) is 0 Å². The molecule has 6 heteroatoms. The average Bonchev–Trinajstić information content (AvgIpc) is 2.73. The van der Waals surface area contributed by atoms with Gasteiger partial charge in [0.05, 0.1) is 12.2 Å². The van der Waals surface area contributed by atoms with E-state index in [0.29, 0.717) is 13.1 Å². The van der Waals surface area contributed by atoms with Gasteiger partial charge in [-0.3, -0.25) is 4.90 Å². The number of carbonyl (C=O) groups excluding carboxylic acids is 1. The Labute approximate surface area is 113 Å². The minimum absolute atomic E-state index is 0.0881. The number of carbonyl (C=O) groups is 1. The lowest BCUT2D eigenvalue weighted by Crippen LogP contribution is -2.50. The van der Waals surface area contributed by atoms with Crippen LogP contribution < -0.4 is 5.32 Å². The third kappa shape index (κ3) is 3.26. The number of hydrogen-bond acceptors (Lipinski definition) is 5. The van der Waals surface area contributed by atoms with Crippen molar-refractivity contribution in [2.75, 3.05) is 19.6 Å². The molecule has 0 saturated carbocycles. The molecule has 19 heavy (non-hydrogen) atoms. The Bertz CT molecular complexity index is 450. The Morgan fingerprint density at radius 3 is 2.89 bits per heavy atom. The molecule has 1 aliphatic rings. The van der Waals surface area contributed by atoms with Crippen LogP contribution in [0.2, 0.25) is 0 Å². The van der Waals surface area contributed by atoms with Crippen LogP contribution in [0.1, 0.15) is 38.1 Å². The van der Waals surface area contributed by atoms with E-state index in [2.05, 4.69) is 10.5 Å². The first-order valence-electron chi connectivity index (χ1n) is 6.50. The third-order valence-corrected chi connectivity index (χ3v) is 3.02. The molecule has 2 heterocycles. The first-order chi connectivity index (χ1) is 8.88. The molecule has 0 aromatic carbocycles. The van der Waals surface area contributed by atoms with Gasteiger partial charge in [0, 0.05) is 25.2 Å². The van der Waals surface area contributed by atoms with Crippen LogP contribution in [0, 0.1) is 6.92 Å². The summed E-state index contributed by atoms with van der Waals surface area (Å²) < 4.78 is 10.5. The van der Waals surface area contributed by atoms with Crippen LogP contribution >= 0.6 is 0 Å². The molecule has 0 aliphatic carbocycles. The van der Waals surface area contributed by atoms with E-state index in [1.54, 1.807) is 11.1 Å². The fourth-order valence-electron chi connectivity index (χ4n) is 2.15. The van der Waals surface area contributed by atoms with Gasteiger partial charge in [-0.25, -0.2) is 4.79 Å². The zero-order chi connectivity index (χ0) is 14.0. The molecule has 1 aliphatic heterocycles. The van der Waals surface area contributed by atoms with E-state index in [0.717, 1.165) is 17.9 Å². The van der Waals surface area contributed by atoms with Gasteiger partial charge in [-0.05, 0) is 27.7 Å². The summed E-state index contributed by atoms with van der Waals surface area (Å²) in [6, 6.07) is -0.0881. The highest BCUT2D eigenvalue weighted by Crippen LogP contribution is 2.26. The monoisotopic (exact) mass is 267 g/mol. The van der Waals surface area contributed by atoms with Gasteiger partial charge in [-0.2, -0.15) is 0 Å². The van der Waals surface area contributed by atoms with Crippen molar-refractivity contribution >= 4 is 6.09 Å². The molecule has 2 rings (SSSR count). The number of rotatable bonds is 1. The molecule has 106 valence electrons. The van der Waals surface area contributed by atoms with Gasteiger partial charge in [0.15, 0.2) is 0 Å². The van der Waals surface area contributed by atoms with Crippen LogP contribution in [-0.2, 0) is 4.74 Å². The van der Waals surface area contributed by atoms with E-state index in [-0.39, 0.29) is 12.1 Å². The average molecular weight is 267 g/mol. The van der Waals surface area contributed by atoms with Crippen LogP contribution in [0.5, 0.6) is 0 Å². The van der Waals surface area contributed by atoms with E-state index < -0.39 is 5.60 Å². The third-order valence-electron chi connectivity index (χ3n) is 3.02. The van der Waals surface area contributed by atoms with Gasteiger partial charge in [0.25, 0.3) is 0 Å². The fourth-order valence-corrected chi connectivity index (χ4v) is 2.15. The second-order valence-corrected chi connectivity index (χ2v) is 5.73. The molecule has 1 aromatic rings. The second-order valence-electron chi connectivity index (χ2n) is 5.73. The SMILES string of the molecule is Cc1oncc1C1CNCCN1C(=O)OC(C)(C)C. The molecule has 1 N–H and O–H groups in total. The number of nitrogens with zero attached hydrogens (tertiary/aromatic N) is 2.